The molecular formula is C25H26O11. The number of ketones is 1. The normalized spacial score (nSPS) is 37.4. The third-order valence-electron chi connectivity index (χ3n) is 8.34. The van der Waals surface area contributed by atoms with Gasteiger partial charge in [0.2, 0.25) is 11.9 Å². The first kappa shape index (κ1) is 22.7. The van der Waals surface area contributed by atoms with Gasteiger partial charge in [0, 0.05) is 37.2 Å². The maximum atomic E-state index is 12.9. The maximum absolute atomic E-state index is 12.9. The van der Waals surface area contributed by atoms with E-state index >= 15 is 0 Å². The molecule has 3 N–H and O–H groups in total. The van der Waals surface area contributed by atoms with Crippen LogP contribution in [0.25, 0.3) is 10.8 Å². The number of ether oxygens (including phenoxy) is 7. The van der Waals surface area contributed by atoms with E-state index < -0.39 is 41.8 Å². The van der Waals surface area contributed by atoms with E-state index in [9.17, 15) is 20.1 Å². The molecule has 1 aliphatic carbocycles. The van der Waals surface area contributed by atoms with Crippen LogP contribution in [0.1, 0.15) is 52.1 Å². The number of carbonyl (C=O) groups is 1. The number of benzene rings is 2. The predicted octanol–water partition coefficient (Wildman–Crippen LogP) is 1.51. The Labute approximate surface area is 205 Å². The number of epoxide rings is 1. The third kappa shape index (κ3) is 2.23. The minimum atomic E-state index is -2.00. The van der Waals surface area contributed by atoms with E-state index in [-0.39, 0.29) is 59.0 Å². The summed E-state index contributed by atoms with van der Waals surface area (Å²) in [4.78, 5) is 12.9. The lowest BCUT2D eigenvalue weighted by Crippen LogP contribution is -2.69. The summed E-state index contributed by atoms with van der Waals surface area (Å²) in [6.45, 7) is 1.89. The molecule has 0 amide bonds. The fraction of sp³-hybridized carbons (Fsp3) is 0.560. The quantitative estimate of drug-likeness (QED) is 0.413. The smallest absolute Gasteiger partial charge is 0.274 e. The number of methoxy groups -OCH3 is 3. The monoisotopic (exact) mass is 502 g/mol. The number of aliphatic hydroxyl groups is 2. The lowest BCUT2D eigenvalue weighted by Gasteiger charge is -2.47. The van der Waals surface area contributed by atoms with E-state index in [4.69, 9.17) is 33.2 Å². The number of rotatable bonds is 4. The second kappa shape index (κ2) is 6.87. The molecule has 1 spiro atoms. The van der Waals surface area contributed by atoms with Crippen LogP contribution in [0.3, 0.4) is 0 Å². The lowest BCUT2D eigenvalue weighted by atomic mass is 9.78. The van der Waals surface area contributed by atoms with Crippen LogP contribution in [-0.4, -0.2) is 78.6 Å². The minimum Gasteiger partial charge on any atom is -0.506 e. The molecule has 11 heteroatoms. The highest BCUT2D eigenvalue weighted by atomic mass is 16.9. The molecule has 11 nitrogen and oxygen atoms in total. The van der Waals surface area contributed by atoms with Crippen LogP contribution in [-0.2, 0) is 23.7 Å². The standard InChI is InChI=1S/C25H26O11/c1-9-7-10-14(17(28)15-11(26)5-6-12(27)16(15)18(10)30-2)19-13(9)20-21-24(29,34-19)23(8-33-23)25(35-20,36-21)22(31-3)32-4/h7,12,20-22,27-29H,5-6,8H2,1-4H3/t12-,20-,21-,23-,24+,25-/m0/s1. The molecular weight excluding hydrogens is 476 g/mol. The summed E-state index contributed by atoms with van der Waals surface area (Å²) in [7, 11) is 4.31. The molecule has 5 aliphatic rings. The van der Waals surface area contributed by atoms with Crippen LogP contribution < -0.4 is 9.47 Å². The summed E-state index contributed by atoms with van der Waals surface area (Å²) in [5, 5.41) is 34.7. The van der Waals surface area contributed by atoms with Crippen molar-refractivity contribution in [3.63, 3.8) is 0 Å². The van der Waals surface area contributed by atoms with Crippen molar-refractivity contribution in [1.82, 2.24) is 0 Å². The summed E-state index contributed by atoms with van der Waals surface area (Å²) in [5.74, 6) is -3.84. The summed E-state index contributed by atoms with van der Waals surface area (Å²) in [5.41, 5.74) is 0.0538. The van der Waals surface area contributed by atoms with E-state index in [1.54, 1.807) is 6.07 Å². The minimum absolute atomic E-state index is 0.00960. The summed E-state index contributed by atoms with van der Waals surface area (Å²) in [6.07, 6.45) is -3.48. The van der Waals surface area contributed by atoms with E-state index in [1.807, 2.05) is 6.92 Å². The molecule has 192 valence electrons. The molecule has 0 aromatic heterocycles. The number of phenols is 1. The molecule has 4 heterocycles. The van der Waals surface area contributed by atoms with Crippen LogP contribution in [0.5, 0.6) is 17.2 Å². The van der Waals surface area contributed by atoms with E-state index in [1.165, 1.54) is 21.3 Å². The van der Waals surface area contributed by atoms with Crippen LogP contribution in [0.2, 0.25) is 0 Å². The highest BCUT2D eigenvalue weighted by Gasteiger charge is 2.92. The summed E-state index contributed by atoms with van der Waals surface area (Å²) >= 11 is 0. The Hall–Kier alpha value is -2.51. The Balaban J connectivity index is 1.53. The third-order valence-corrected chi connectivity index (χ3v) is 8.34. The van der Waals surface area contributed by atoms with Gasteiger partial charge in [-0.25, -0.2) is 0 Å². The zero-order chi connectivity index (χ0) is 25.4. The van der Waals surface area contributed by atoms with Crippen molar-refractivity contribution in [3.8, 4) is 17.2 Å². The van der Waals surface area contributed by atoms with Gasteiger partial charge in [0.25, 0.3) is 11.6 Å². The predicted molar refractivity (Wildman–Crippen MR) is 119 cm³/mol. The summed E-state index contributed by atoms with van der Waals surface area (Å²) < 4.78 is 41.4. The van der Waals surface area contributed by atoms with Crippen LogP contribution in [0, 0.1) is 6.92 Å². The van der Waals surface area contributed by atoms with Crippen molar-refractivity contribution in [2.75, 3.05) is 27.9 Å². The van der Waals surface area contributed by atoms with Gasteiger partial charge in [-0.1, -0.05) is 0 Å². The lowest BCUT2D eigenvalue weighted by molar-refractivity contribution is -0.344. The highest BCUT2D eigenvalue weighted by molar-refractivity contribution is 6.11. The van der Waals surface area contributed by atoms with E-state index in [0.717, 1.165) is 0 Å². The highest BCUT2D eigenvalue weighted by Crippen LogP contribution is 2.71. The molecule has 2 aromatic rings. The first-order chi connectivity index (χ1) is 17.2. The van der Waals surface area contributed by atoms with Crippen LogP contribution >= 0.6 is 0 Å². The van der Waals surface area contributed by atoms with E-state index in [0.29, 0.717) is 16.5 Å². The molecule has 7 rings (SSSR count). The average molecular weight is 502 g/mol. The van der Waals surface area contributed by atoms with Gasteiger partial charge in [0.1, 0.15) is 23.4 Å². The SMILES string of the molecule is COc1c2c(c(O)c3c4c(c(C)cc13)[C@@H]1O[C@@]3(C(OC)OC)O[C@@H]1[C@@](O)(O4)[C@@]31CO1)C(=O)CC[C@@H]2O. The van der Waals surface area contributed by atoms with Gasteiger partial charge >= 0.3 is 0 Å². The summed E-state index contributed by atoms with van der Waals surface area (Å²) in [6, 6.07) is 1.78. The van der Waals surface area contributed by atoms with Crippen molar-refractivity contribution >= 4 is 16.6 Å². The first-order valence-corrected chi connectivity index (χ1v) is 11.8. The number of aliphatic hydroxyl groups excluding tert-OH is 1. The molecule has 0 saturated carbocycles. The Bertz CT molecular complexity index is 1350. The fourth-order valence-corrected chi connectivity index (χ4v) is 6.72. The van der Waals surface area contributed by atoms with Crippen molar-refractivity contribution in [2.45, 2.75) is 61.5 Å². The first-order valence-electron chi connectivity index (χ1n) is 11.8. The average Bonchev–Trinajstić information content (AvgIpc) is 3.53. The van der Waals surface area contributed by atoms with E-state index in [2.05, 4.69) is 0 Å². The second-order valence-corrected chi connectivity index (χ2v) is 9.97. The number of hydrogen-bond donors (Lipinski definition) is 3. The molecule has 0 unspecified atom stereocenters. The molecule has 6 atom stereocenters. The largest absolute Gasteiger partial charge is 0.506 e. The van der Waals surface area contributed by atoms with Gasteiger partial charge in [0.15, 0.2) is 11.9 Å². The van der Waals surface area contributed by atoms with Crippen LogP contribution in [0.4, 0.5) is 0 Å². The molecule has 2 aromatic carbocycles. The zero-order valence-corrected chi connectivity index (χ0v) is 20.1. The van der Waals surface area contributed by atoms with Crippen molar-refractivity contribution in [2.24, 2.45) is 0 Å². The van der Waals surface area contributed by atoms with Gasteiger partial charge in [-0.2, -0.15) is 0 Å². The number of carbonyl (C=O) groups excluding carboxylic acids is 1. The van der Waals surface area contributed by atoms with Crippen molar-refractivity contribution < 1.29 is 53.3 Å². The Kier molecular flexibility index (Phi) is 4.32. The number of Topliss-reactive ketones (excluding diaryl/α,β-unsaturated/α-hetero) is 1. The van der Waals surface area contributed by atoms with Crippen LogP contribution in [0.15, 0.2) is 6.07 Å². The van der Waals surface area contributed by atoms with Gasteiger partial charge in [-0.15, -0.1) is 0 Å². The number of fused-ring (bicyclic) bond motifs is 8. The topological polar surface area (TPSA) is 146 Å². The zero-order valence-electron chi connectivity index (χ0n) is 20.1. The molecule has 0 radical (unpaired) electrons. The molecule has 36 heavy (non-hydrogen) atoms. The fourth-order valence-electron chi connectivity index (χ4n) is 6.72. The Morgan fingerprint density at radius 3 is 2.53 bits per heavy atom. The second-order valence-electron chi connectivity index (χ2n) is 9.97. The molecule has 2 bridgehead atoms. The van der Waals surface area contributed by atoms with Gasteiger partial charge < -0.3 is 48.5 Å². The maximum Gasteiger partial charge on any atom is 0.274 e. The molecule has 4 aliphatic heterocycles. The number of aryl methyl sites for hydroxylation is 1. The molecule has 3 saturated heterocycles. The Morgan fingerprint density at radius 1 is 1.17 bits per heavy atom. The van der Waals surface area contributed by atoms with Crippen molar-refractivity contribution in [1.29, 1.82) is 0 Å². The van der Waals surface area contributed by atoms with Gasteiger partial charge in [0.05, 0.1) is 30.8 Å². The Morgan fingerprint density at radius 2 is 1.89 bits per heavy atom. The van der Waals surface area contributed by atoms with Gasteiger partial charge in [-0.05, 0) is 25.0 Å². The number of aromatic hydroxyl groups is 1. The molecule has 3 fully saturated rings. The number of hydrogen-bond acceptors (Lipinski definition) is 11. The number of phenolic OH excluding ortho intramolecular Hbond substituents is 1. The van der Waals surface area contributed by atoms with Gasteiger partial charge in [-0.3, -0.25) is 4.79 Å². The van der Waals surface area contributed by atoms with Crippen molar-refractivity contribution in [3.05, 3.63) is 28.3 Å².